The fraction of sp³-hybridized carbons (Fsp3) is 0.250. The number of thiophene rings is 1. The molecule has 0 radical (unpaired) electrons. The fourth-order valence-corrected chi connectivity index (χ4v) is 6.44. The number of nitrogens with zero attached hydrogens (tertiary/aromatic N) is 2. The van der Waals surface area contributed by atoms with Gasteiger partial charge >= 0.3 is 0 Å². The normalized spacial score (nSPS) is 15.6. The molecule has 3 heterocycles. The molecule has 1 atom stereocenters. The second kappa shape index (κ2) is 9.99. The highest BCUT2D eigenvalue weighted by Crippen LogP contribution is 2.46. The summed E-state index contributed by atoms with van der Waals surface area (Å²) >= 11 is 2.62. The van der Waals surface area contributed by atoms with Gasteiger partial charge in [-0.2, -0.15) is 0 Å². The smallest absolute Gasteiger partial charge is 0.296 e. The van der Waals surface area contributed by atoms with Crippen molar-refractivity contribution < 1.29 is 24.2 Å². The number of ketones is 1. The van der Waals surface area contributed by atoms with Gasteiger partial charge in [-0.05, 0) is 74.0 Å². The largest absolute Gasteiger partial charge is 0.503 e. The van der Waals surface area contributed by atoms with Gasteiger partial charge in [0.05, 0.1) is 39.9 Å². The lowest BCUT2D eigenvalue weighted by atomic mass is 9.95. The Morgan fingerprint density at radius 1 is 1.08 bits per heavy atom. The van der Waals surface area contributed by atoms with Gasteiger partial charge in [0.25, 0.3) is 5.91 Å². The molecule has 0 fully saturated rings. The number of hydrogen-bond donors (Lipinski definition) is 1. The van der Waals surface area contributed by atoms with Crippen molar-refractivity contribution in [3.63, 3.8) is 0 Å². The van der Waals surface area contributed by atoms with Gasteiger partial charge in [-0.25, -0.2) is 4.98 Å². The molecule has 7 nitrogen and oxygen atoms in total. The summed E-state index contributed by atoms with van der Waals surface area (Å²) in [5.74, 6) is -0.561. The van der Waals surface area contributed by atoms with Gasteiger partial charge in [-0.3, -0.25) is 14.5 Å². The van der Waals surface area contributed by atoms with Gasteiger partial charge in [0.2, 0.25) is 5.78 Å². The summed E-state index contributed by atoms with van der Waals surface area (Å²) in [5, 5.41) is 13.3. The van der Waals surface area contributed by atoms with Crippen molar-refractivity contribution in [3.05, 3.63) is 80.7 Å². The van der Waals surface area contributed by atoms with Crippen LogP contribution in [0.15, 0.2) is 59.2 Å². The number of thiazole rings is 1. The number of benzene rings is 2. The third-order valence-electron chi connectivity index (χ3n) is 6.11. The van der Waals surface area contributed by atoms with E-state index in [0.717, 1.165) is 21.3 Å². The standard InChI is InChI=1S/C28H26N2O5S2/c1-5-34-18-10-9-17(14-19(18)35-6-2)24-22(25(31)20-8-7-11-36-20)26(32)27(33)30(24)28-29-23-16(4)12-15(3)13-21(23)37-28/h7-14,24,32H,5-6H2,1-4H3. The van der Waals surface area contributed by atoms with Crippen molar-refractivity contribution in [3.8, 4) is 11.5 Å². The molecule has 0 bridgehead atoms. The first kappa shape index (κ1) is 25.0. The predicted molar refractivity (Wildman–Crippen MR) is 146 cm³/mol. The van der Waals surface area contributed by atoms with E-state index < -0.39 is 23.5 Å². The number of aromatic nitrogens is 1. The quantitative estimate of drug-likeness (QED) is 0.258. The Hall–Kier alpha value is -3.69. The van der Waals surface area contributed by atoms with E-state index in [9.17, 15) is 14.7 Å². The Kier molecular flexibility index (Phi) is 6.74. The molecule has 0 saturated heterocycles. The van der Waals surface area contributed by atoms with Crippen LogP contribution in [0.1, 0.15) is 46.3 Å². The topological polar surface area (TPSA) is 89.0 Å². The minimum absolute atomic E-state index is 0.0196. The number of carbonyl (C=O) groups excluding carboxylic acids is 2. The zero-order valence-corrected chi connectivity index (χ0v) is 22.5. The molecule has 1 unspecified atom stereocenters. The van der Waals surface area contributed by atoms with E-state index in [2.05, 4.69) is 0 Å². The number of aliphatic hydroxyl groups is 1. The molecular weight excluding hydrogens is 508 g/mol. The van der Waals surface area contributed by atoms with Crippen LogP contribution in [0.25, 0.3) is 10.2 Å². The first-order valence-electron chi connectivity index (χ1n) is 12.0. The number of hydrogen-bond acceptors (Lipinski definition) is 8. The number of aliphatic hydroxyl groups excluding tert-OH is 1. The van der Waals surface area contributed by atoms with Gasteiger partial charge < -0.3 is 14.6 Å². The van der Waals surface area contributed by atoms with Crippen molar-refractivity contribution >= 4 is 49.7 Å². The molecule has 1 aliphatic rings. The SMILES string of the molecule is CCOc1ccc(C2C(C(=O)c3cccs3)=C(O)C(=O)N2c2nc3c(C)cc(C)cc3s2)cc1OCC. The Labute approximate surface area is 222 Å². The van der Waals surface area contributed by atoms with Crippen LogP contribution in [0, 0.1) is 13.8 Å². The first-order chi connectivity index (χ1) is 17.8. The first-order valence-corrected chi connectivity index (χ1v) is 13.7. The number of rotatable bonds is 8. The number of amides is 1. The van der Waals surface area contributed by atoms with Crippen LogP contribution in [-0.2, 0) is 4.79 Å². The maximum atomic E-state index is 13.6. The maximum Gasteiger partial charge on any atom is 0.296 e. The lowest BCUT2D eigenvalue weighted by Gasteiger charge is -2.25. The van der Waals surface area contributed by atoms with Crippen LogP contribution in [-0.4, -0.2) is 35.0 Å². The van der Waals surface area contributed by atoms with E-state index in [-0.39, 0.29) is 5.57 Å². The second-order valence-corrected chi connectivity index (χ2v) is 10.6. The van der Waals surface area contributed by atoms with Gasteiger partial charge in [0.1, 0.15) is 0 Å². The molecule has 1 aliphatic heterocycles. The van der Waals surface area contributed by atoms with Crippen LogP contribution in [0.4, 0.5) is 5.13 Å². The maximum absolute atomic E-state index is 13.6. The summed E-state index contributed by atoms with van der Waals surface area (Å²) in [5.41, 5.74) is 3.50. The summed E-state index contributed by atoms with van der Waals surface area (Å²) in [4.78, 5) is 33.8. The molecule has 1 amide bonds. The lowest BCUT2D eigenvalue weighted by molar-refractivity contribution is -0.117. The number of ether oxygens (including phenoxy) is 2. The molecule has 5 rings (SSSR count). The Bertz CT molecular complexity index is 1540. The highest BCUT2D eigenvalue weighted by Gasteiger charge is 2.46. The molecule has 2 aromatic heterocycles. The fourth-order valence-electron chi connectivity index (χ4n) is 4.59. The molecule has 0 spiro atoms. The Morgan fingerprint density at radius 3 is 2.54 bits per heavy atom. The molecule has 0 saturated carbocycles. The molecule has 0 aliphatic carbocycles. The number of anilines is 1. The summed E-state index contributed by atoms with van der Waals surface area (Å²) in [7, 11) is 0. The van der Waals surface area contributed by atoms with E-state index in [0.29, 0.717) is 40.3 Å². The summed E-state index contributed by atoms with van der Waals surface area (Å²) in [6, 6.07) is 11.9. The molecular formula is C28H26N2O5S2. The molecule has 37 heavy (non-hydrogen) atoms. The van der Waals surface area contributed by atoms with Crippen molar-refractivity contribution in [2.75, 3.05) is 18.1 Å². The summed E-state index contributed by atoms with van der Waals surface area (Å²) < 4.78 is 12.5. The minimum atomic E-state index is -0.890. The summed E-state index contributed by atoms with van der Waals surface area (Å²) in [6.45, 7) is 8.61. The average molecular weight is 535 g/mol. The van der Waals surface area contributed by atoms with Gasteiger partial charge in [-0.15, -0.1) is 11.3 Å². The third-order valence-corrected chi connectivity index (χ3v) is 7.98. The van der Waals surface area contributed by atoms with E-state index in [4.69, 9.17) is 14.5 Å². The van der Waals surface area contributed by atoms with Crippen LogP contribution in [0.2, 0.25) is 0 Å². The monoisotopic (exact) mass is 534 g/mol. The van der Waals surface area contributed by atoms with E-state index >= 15 is 0 Å². The zero-order chi connectivity index (χ0) is 26.3. The minimum Gasteiger partial charge on any atom is -0.503 e. The molecule has 2 aromatic carbocycles. The highest BCUT2D eigenvalue weighted by atomic mass is 32.1. The van der Waals surface area contributed by atoms with Gasteiger partial charge in [0.15, 0.2) is 22.4 Å². The van der Waals surface area contributed by atoms with Gasteiger partial charge in [0, 0.05) is 0 Å². The van der Waals surface area contributed by atoms with Crippen LogP contribution in [0.5, 0.6) is 11.5 Å². The van der Waals surface area contributed by atoms with Crippen LogP contribution < -0.4 is 14.4 Å². The number of fused-ring (bicyclic) bond motifs is 1. The van der Waals surface area contributed by atoms with E-state index in [1.165, 1.54) is 27.6 Å². The van der Waals surface area contributed by atoms with Crippen molar-refractivity contribution in [2.24, 2.45) is 0 Å². The Balaban J connectivity index is 1.70. The summed E-state index contributed by atoms with van der Waals surface area (Å²) in [6.07, 6.45) is 0. The van der Waals surface area contributed by atoms with Crippen molar-refractivity contribution in [2.45, 2.75) is 33.7 Å². The molecule has 4 aromatic rings. The Morgan fingerprint density at radius 2 is 1.84 bits per heavy atom. The van der Waals surface area contributed by atoms with E-state index in [1.807, 2.05) is 39.8 Å². The van der Waals surface area contributed by atoms with Crippen LogP contribution in [0.3, 0.4) is 0 Å². The third kappa shape index (κ3) is 4.38. The van der Waals surface area contributed by atoms with Crippen LogP contribution >= 0.6 is 22.7 Å². The predicted octanol–water partition coefficient (Wildman–Crippen LogP) is 6.55. The molecule has 9 heteroatoms. The number of Topliss-reactive ketones (excluding diaryl/α,β-unsaturated/α-hetero) is 1. The molecule has 190 valence electrons. The van der Waals surface area contributed by atoms with E-state index in [1.54, 1.807) is 35.7 Å². The number of carbonyl (C=O) groups is 2. The van der Waals surface area contributed by atoms with Crippen molar-refractivity contribution in [1.29, 1.82) is 0 Å². The molecule has 1 N–H and O–H groups in total. The lowest BCUT2D eigenvalue weighted by Crippen LogP contribution is -2.31. The second-order valence-electron chi connectivity index (χ2n) is 8.64. The highest BCUT2D eigenvalue weighted by molar-refractivity contribution is 7.22. The van der Waals surface area contributed by atoms with Crippen molar-refractivity contribution in [1.82, 2.24) is 4.98 Å². The van der Waals surface area contributed by atoms with Gasteiger partial charge in [-0.1, -0.05) is 29.5 Å². The zero-order valence-electron chi connectivity index (χ0n) is 20.9. The average Bonchev–Trinajstić information content (AvgIpc) is 3.59. The number of aryl methyl sites for hydroxylation is 2.